The Hall–Kier alpha value is -0.190. The van der Waals surface area contributed by atoms with Crippen molar-refractivity contribution in [2.24, 2.45) is 0 Å². The Morgan fingerprint density at radius 1 is 1.31 bits per heavy atom. The molecule has 2 rings (SSSR count). The van der Waals surface area contributed by atoms with Crippen molar-refractivity contribution in [1.82, 2.24) is 14.5 Å². The molecular formula is C11H18ClN3S. The van der Waals surface area contributed by atoms with Gasteiger partial charge < -0.3 is 0 Å². The highest BCUT2D eigenvalue weighted by molar-refractivity contribution is 7.10. The van der Waals surface area contributed by atoms with Crippen LogP contribution in [0.15, 0.2) is 0 Å². The molecule has 1 saturated carbocycles. The second-order valence-electron chi connectivity index (χ2n) is 4.55. The lowest BCUT2D eigenvalue weighted by molar-refractivity contribution is 0.211. The van der Waals surface area contributed by atoms with Crippen LogP contribution < -0.4 is 0 Å². The van der Waals surface area contributed by atoms with Gasteiger partial charge in [-0.3, -0.25) is 4.90 Å². The van der Waals surface area contributed by atoms with Crippen molar-refractivity contribution in [2.45, 2.75) is 51.1 Å². The van der Waals surface area contributed by atoms with Crippen molar-refractivity contribution < 1.29 is 0 Å². The van der Waals surface area contributed by atoms with E-state index < -0.39 is 0 Å². The van der Waals surface area contributed by atoms with Gasteiger partial charge in [0.2, 0.25) is 0 Å². The second kappa shape index (κ2) is 5.94. The first kappa shape index (κ1) is 12.3. The van der Waals surface area contributed by atoms with Gasteiger partial charge in [0.1, 0.15) is 10.0 Å². The van der Waals surface area contributed by atoms with E-state index in [9.17, 15) is 0 Å². The molecule has 5 heteroatoms. The van der Waals surface area contributed by atoms with Gasteiger partial charge >= 0.3 is 0 Å². The molecule has 1 aliphatic carbocycles. The number of hydrogen-bond donors (Lipinski definition) is 0. The minimum Gasteiger partial charge on any atom is -0.297 e. The largest absolute Gasteiger partial charge is 0.297 e. The Balaban J connectivity index is 1.91. The fourth-order valence-corrected chi connectivity index (χ4v) is 2.97. The van der Waals surface area contributed by atoms with Crippen LogP contribution in [-0.4, -0.2) is 27.6 Å². The summed E-state index contributed by atoms with van der Waals surface area (Å²) in [7, 11) is 2.17. The Labute approximate surface area is 106 Å². The van der Waals surface area contributed by atoms with E-state index in [0.717, 1.165) is 16.6 Å². The molecule has 0 bridgehead atoms. The highest BCUT2D eigenvalue weighted by Crippen LogP contribution is 2.24. The summed E-state index contributed by atoms with van der Waals surface area (Å²) >= 11 is 7.30. The molecule has 90 valence electrons. The Kier molecular flexibility index (Phi) is 4.55. The van der Waals surface area contributed by atoms with Crippen molar-refractivity contribution in [2.75, 3.05) is 7.05 Å². The quantitative estimate of drug-likeness (QED) is 0.780. The Morgan fingerprint density at radius 3 is 2.56 bits per heavy atom. The monoisotopic (exact) mass is 259 g/mol. The number of rotatable bonds is 3. The zero-order valence-corrected chi connectivity index (χ0v) is 11.2. The van der Waals surface area contributed by atoms with Crippen molar-refractivity contribution in [3.63, 3.8) is 0 Å². The molecule has 1 aliphatic rings. The third kappa shape index (κ3) is 3.15. The molecule has 16 heavy (non-hydrogen) atoms. The molecule has 0 saturated heterocycles. The minimum atomic E-state index is 0.695. The molecule has 0 N–H and O–H groups in total. The van der Waals surface area contributed by atoms with Crippen molar-refractivity contribution in [1.29, 1.82) is 0 Å². The van der Waals surface area contributed by atoms with Crippen LogP contribution in [-0.2, 0) is 6.54 Å². The molecular weight excluding hydrogens is 242 g/mol. The van der Waals surface area contributed by atoms with E-state index in [-0.39, 0.29) is 0 Å². The molecule has 1 fully saturated rings. The van der Waals surface area contributed by atoms with Gasteiger partial charge in [0.05, 0.1) is 0 Å². The van der Waals surface area contributed by atoms with Crippen molar-refractivity contribution in [3.8, 4) is 0 Å². The molecule has 1 aromatic heterocycles. The third-order valence-electron chi connectivity index (χ3n) is 3.36. The minimum absolute atomic E-state index is 0.695. The first-order chi connectivity index (χ1) is 7.77. The van der Waals surface area contributed by atoms with E-state index in [0.29, 0.717) is 6.04 Å². The van der Waals surface area contributed by atoms with Gasteiger partial charge in [-0.1, -0.05) is 41.8 Å². The number of halogens is 1. The summed E-state index contributed by atoms with van der Waals surface area (Å²) in [5, 5.41) is 4.07. The summed E-state index contributed by atoms with van der Waals surface area (Å²) in [6, 6.07) is 0.695. The van der Waals surface area contributed by atoms with Gasteiger partial charge in [-0.05, 0) is 19.9 Å². The Morgan fingerprint density at radius 2 is 2.00 bits per heavy atom. The smallest absolute Gasteiger partial charge is 0.138 e. The number of hydrogen-bond acceptors (Lipinski definition) is 4. The van der Waals surface area contributed by atoms with Gasteiger partial charge in [0.15, 0.2) is 0 Å². The van der Waals surface area contributed by atoms with E-state index in [4.69, 9.17) is 11.6 Å². The summed E-state index contributed by atoms with van der Waals surface area (Å²) in [5.41, 5.74) is 0.929. The van der Waals surface area contributed by atoms with Crippen LogP contribution in [0.2, 0.25) is 4.34 Å². The lowest BCUT2D eigenvalue weighted by Crippen LogP contribution is -2.30. The average Bonchev–Trinajstić information content (AvgIpc) is 2.57. The van der Waals surface area contributed by atoms with Gasteiger partial charge in [-0.15, -0.1) is 5.10 Å². The van der Waals surface area contributed by atoms with Crippen LogP contribution in [0.5, 0.6) is 0 Å². The fourth-order valence-electron chi connectivity index (χ4n) is 2.36. The maximum atomic E-state index is 6.02. The van der Waals surface area contributed by atoms with E-state index in [1.165, 1.54) is 50.1 Å². The van der Waals surface area contributed by atoms with Crippen LogP contribution in [0.4, 0.5) is 0 Å². The zero-order chi connectivity index (χ0) is 11.4. The summed E-state index contributed by atoms with van der Waals surface area (Å²) < 4.78 is 4.61. The number of nitrogens with zero attached hydrogens (tertiary/aromatic N) is 3. The van der Waals surface area contributed by atoms with Crippen LogP contribution in [0.25, 0.3) is 0 Å². The van der Waals surface area contributed by atoms with Crippen LogP contribution in [0.3, 0.4) is 0 Å². The molecule has 3 nitrogen and oxygen atoms in total. The molecule has 0 amide bonds. The van der Waals surface area contributed by atoms with Crippen LogP contribution >= 0.6 is 23.1 Å². The molecule has 1 aromatic rings. The molecule has 1 heterocycles. The fraction of sp³-hybridized carbons (Fsp3) is 0.818. The first-order valence-electron chi connectivity index (χ1n) is 5.94. The Bertz CT molecular complexity index is 321. The molecule has 0 atom stereocenters. The summed E-state index contributed by atoms with van der Waals surface area (Å²) in [5.74, 6) is 0. The average molecular weight is 260 g/mol. The standard InChI is InChI=1S/C11H18ClN3S/c1-15(8-10-11(12)16-14-13-10)9-6-4-2-3-5-7-9/h9H,2-8H2,1H3. The molecule has 0 spiro atoms. The second-order valence-corrected chi connectivity index (χ2v) is 5.91. The first-order valence-corrected chi connectivity index (χ1v) is 7.09. The van der Waals surface area contributed by atoms with E-state index >= 15 is 0 Å². The predicted molar refractivity (Wildman–Crippen MR) is 67.9 cm³/mol. The third-order valence-corrected chi connectivity index (χ3v) is 4.34. The SMILES string of the molecule is CN(Cc1nnsc1Cl)C1CCCCCC1. The van der Waals surface area contributed by atoms with E-state index in [2.05, 4.69) is 21.5 Å². The van der Waals surface area contributed by atoms with Crippen LogP contribution in [0, 0.1) is 0 Å². The van der Waals surface area contributed by atoms with Crippen LogP contribution in [0.1, 0.15) is 44.2 Å². The molecule has 0 radical (unpaired) electrons. The molecule has 0 aromatic carbocycles. The highest BCUT2D eigenvalue weighted by atomic mass is 35.5. The number of aromatic nitrogens is 2. The maximum Gasteiger partial charge on any atom is 0.138 e. The molecule has 0 unspecified atom stereocenters. The van der Waals surface area contributed by atoms with Crippen molar-refractivity contribution in [3.05, 3.63) is 10.0 Å². The zero-order valence-electron chi connectivity index (χ0n) is 9.65. The highest BCUT2D eigenvalue weighted by Gasteiger charge is 2.18. The lowest BCUT2D eigenvalue weighted by atomic mass is 10.1. The summed E-state index contributed by atoms with van der Waals surface area (Å²) in [6.45, 7) is 0.833. The van der Waals surface area contributed by atoms with Gasteiger partial charge in [-0.25, -0.2) is 0 Å². The van der Waals surface area contributed by atoms with Crippen molar-refractivity contribution >= 4 is 23.1 Å². The van der Waals surface area contributed by atoms with Gasteiger partial charge in [-0.2, -0.15) is 0 Å². The van der Waals surface area contributed by atoms with E-state index in [1.807, 2.05) is 0 Å². The predicted octanol–water partition coefficient (Wildman–Crippen LogP) is 3.35. The normalized spacial score (nSPS) is 18.9. The molecule has 0 aliphatic heterocycles. The van der Waals surface area contributed by atoms with Gasteiger partial charge in [0.25, 0.3) is 0 Å². The van der Waals surface area contributed by atoms with E-state index in [1.54, 1.807) is 0 Å². The topological polar surface area (TPSA) is 29.0 Å². The summed E-state index contributed by atoms with van der Waals surface area (Å²) in [6.07, 6.45) is 8.13. The lowest BCUT2D eigenvalue weighted by Gasteiger charge is -2.26. The van der Waals surface area contributed by atoms with Gasteiger partial charge in [0, 0.05) is 24.1 Å². The maximum absolute atomic E-state index is 6.02. The summed E-state index contributed by atoms with van der Waals surface area (Å²) in [4.78, 5) is 2.38.